The van der Waals surface area contributed by atoms with Gasteiger partial charge in [-0.25, -0.2) is 9.86 Å². The van der Waals surface area contributed by atoms with Crippen molar-refractivity contribution in [2.75, 3.05) is 6.61 Å². The molecule has 0 aromatic carbocycles. The van der Waals surface area contributed by atoms with Crippen LogP contribution in [0.5, 0.6) is 0 Å². The van der Waals surface area contributed by atoms with Crippen LogP contribution in [0.15, 0.2) is 0 Å². The van der Waals surface area contributed by atoms with Gasteiger partial charge in [0.2, 0.25) is 11.4 Å². The van der Waals surface area contributed by atoms with E-state index in [4.69, 9.17) is 5.11 Å². The predicted octanol–water partition coefficient (Wildman–Crippen LogP) is 0.596. The Bertz CT molecular complexity index is 447. The highest BCUT2D eigenvalue weighted by Crippen LogP contribution is 2.44. The van der Waals surface area contributed by atoms with Gasteiger partial charge in [-0.05, 0) is 20.8 Å². The third kappa shape index (κ3) is 4.68. The van der Waals surface area contributed by atoms with Crippen LogP contribution in [0, 0.1) is 0 Å². The number of hydrogen-bond acceptors (Lipinski definition) is 6. The van der Waals surface area contributed by atoms with E-state index in [2.05, 4.69) is 4.52 Å². The van der Waals surface area contributed by atoms with Crippen molar-refractivity contribution in [3.63, 3.8) is 0 Å². The van der Waals surface area contributed by atoms with Crippen LogP contribution < -0.4 is 0 Å². The van der Waals surface area contributed by atoms with E-state index >= 15 is 0 Å². The molecule has 0 saturated heterocycles. The lowest BCUT2D eigenvalue weighted by Gasteiger charge is -2.28. The molecule has 0 spiro atoms. The number of carboxylic acids is 1. The van der Waals surface area contributed by atoms with Gasteiger partial charge in [-0.2, -0.15) is 0 Å². The second-order valence-corrected chi connectivity index (χ2v) is 6.20. The van der Waals surface area contributed by atoms with Crippen LogP contribution in [0.4, 0.5) is 0 Å². The van der Waals surface area contributed by atoms with Crippen molar-refractivity contribution >= 4 is 25.0 Å². The third-order valence-electron chi connectivity index (χ3n) is 2.46. The number of nitrogens with zero attached hydrogens (tertiary/aromatic N) is 1. The van der Waals surface area contributed by atoms with Crippen molar-refractivity contribution in [2.24, 2.45) is 0 Å². The summed E-state index contributed by atoms with van der Waals surface area (Å²) in [5.41, 5.74) is -3.04. The molecular formula is C10H18NO8P. The second kappa shape index (κ2) is 6.94. The summed E-state index contributed by atoms with van der Waals surface area (Å²) in [6.45, 7) is 3.45. The van der Waals surface area contributed by atoms with Gasteiger partial charge in [-0.1, -0.05) is 0 Å². The average Bonchev–Trinajstić information content (AvgIpc) is 2.33. The number of rotatable bonds is 8. The smallest absolute Gasteiger partial charge is 0.394 e. The number of aliphatic carboxylic acids is 1. The van der Waals surface area contributed by atoms with Crippen molar-refractivity contribution in [3.8, 4) is 0 Å². The fourth-order valence-corrected chi connectivity index (χ4v) is 2.00. The Morgan fingerprint density at radius 2 is 1.75 bits per heavy atom. The Hall–Kier alpha value is -1.28. The van der Waals surface area contributed by atoms with Crippen LogP contribution in [0.25, 0.3) is 0 Å². The minimum atomic E-state index is -4.44. The summed E-state index contributed by atoms with van der Waals surface area (Å²) in [4.78, 5) is 42.9. The fourth-order valence-electron chi connectivity index (χ4n) is 1.11. The Labute approximate surface area is 115 Å². The maximum atomic E-state index is 11.5. The molecule has 0 rings (SSSR count). The Morgan fingerprint density at radius 3 is 2.15 bits per heavy atom. The number of carboxylic acid groups (broad SMARTS) is 1. The maximum Gasteiger partial charge on any atom is 0.394 e. The highest BCUT2D eigenvalue weighted by molar-refractivity contribution is 7.70. The van der Waals surface area contributed by atoms with Crippen molar-refractivity contribution in [1.29, 1.82) is 0 Å². The van der Waals surface area contributed by atoms with E-state index in [1.807, 2.05) is 0 Å². The van der Waals surface area contributed by atoms with E-state index < -0.39 is 43.4 Å². The van der Waals surface area contributed by atoms with Gasteiger partial charge in [0.1, 0.15) is 0 Å². The average molecular weight is 311 g/mol. The largest absolute Gasteiger partial charge is 0.479 e. The molecule has 1 unspecified atom stereocenters. The standard InChI is InChI=1S/C10H18NO8P/c1-4-19-20(17,18)8(13)6-5-7(12)11(16)10(2,3)9(14)15/h16H,4-6H2,1-3H3,(H,14,15)(H,17,18). The normalized spacial score (nSPS) is 14.4. The summed E-state index contributed by atoms with van der Waals surface area (Å²) in [5, 5.41) is 18.3. The van der Waals surface area contributed by atoms with E-state index in [9.17, 15) is 29.0 Å². The van der Waals surface area contributed by atoms with Gasteiger partial charge >= 0.3 is 13.6 Å². The lowest BCUT2D eigenvalue weighted by molar-refractivity contribution is -0.200. The molecule has 0 aliphatic rings. The molecule has 116 valence electrons. The minimum Gasteiger partial charge on any atom is -0.479 e. The predicted molar refractivity (Wildman–Crippen MR) is 66.0 cm³/mol. The lowest BCUT2D eigenvalue weighted by atomic mass is 10.1. The van der Waals surface area contributed by atoms with Crippen molar-refractivity contribution in [2.45, 2.75) is 39.2 Å². The Kier molecular flexibility index (Phi) is 6.49. The fraction of sp³-hybridized carbons (Fsp3) is 0.700. The van der Waals surface area contributed by atoms with Crippen LogP contribution in [0.1, 0.15) is 33.6 Å². The van der Waals surface area contributed by atoms with Crippen LogP contribution in [0.3, 0.4) is 0 Å². The monoisotopic (exact) mass is 311 g/mol. The number of amides is 1. The van der Waals surface area contributed by atoms with Crippen molar-refractivity contribution < 1.29 is 38.7 Å². The quantitative estimate of drug-likeness (QED) is 0.336. The lowest BCUT2D eigenvalue weighted by Crippen LogP contribution is -2.51. The molecule has 1 amide bonds. The molecule has 0 aliphatic heterocycles. The number of hydroxylamine groups is 2. The molecule has 0 aliphatic carbocycles. The van der Waals surface area contributed by atoms with Gasteiger partial charge in [0, 0.05) is 12.8 Å². The van der Waals surface area contributed by atoms with Gasteiger partial charge < -0.3 is 14.5 Å². The summed E-state index contributed by atoms with van der Waals surface area (Å²) >= 11 is 0. The summed E-state index contributed by atoms with van der Waals surface area (Å²) in [6.07, 6.45) is -1.25. The first kappa shape index (κ1) is 18.7. The highest BCUT2D eigenvalue weighted by Gasteiger charge is 2.38. The van der Waals surface area contributed by atoms with Gasteiger partial charge in [-0.15, -0.1) is 0 Å². The second-order valence-electron chi connectivity index (χ2n) is 4.40. The zero-order valence-corrected chi connectivity index (χ0v) is 12.3. The van der Waals surface area contributed by atoms with E-state index in [1.165, 1.54) is 6.92 Å². The molecule has 0 radical (unpaired) electrons. The summed E-state index contributed by atoms with van der Waals surface area (Å²) in [7, 11) is -4.44. The van der Waals surface area contributed by atoms with E-state index in [0.717, 1.165) is 13.8 Å². The van der Waals surface area contributed by atoms with Gasteiger partial charge in [0.25, 0.3) is 0 Å². The van der Waals surface area contributed by atoms with E-state index in [1.54, 1.807) is 0 Å². The molecule has 0 fully saturated rings. The Balaban J connectivity index is 4.62. The summed E-state index contributed by atoms with van der Waals surface area (Å²) < 4.78 is 15.7. The van der Waals surface area contributed by atoms with Crippen LogP contribution in [0.2, 0.25) is 0 Å². The number of hydrogen-bond donors (Lipinski definition) is 3. The van der Waals surface area contributed by atoms with E-state index in [0.29, 0.717) is 0 Å². The van der Waals surface area contributed by atoms with Crippen LogP contribution in [-0.2, 0) is 23.5 Å². The number of carbonyl (C=O) groups excluding carboxylic acids is 2. The molecule has 10 heteroatoms. The summed E-state index contributed by atoms with van der Waals surface area (Å²) in [5.74, 6) is -2.50. The first-order chi connectivity index (χ1) is 8.96. The Morgan fingerprint density at radius 1 is 1.25 bits per heavy atom. The molecule has 9 nitrogen and oxygen atoms in total. The van der Waals surface area contributed by atoms with Gasteiger partial charge in [0.15, 0.2) is 5.54 Å². The third-order valence-corrected chi connectivity index (χ3v) is 3.92. The van der Waals surface area contributed by atoms with Crippen LogP contribution in [-0.4, -0.2) is 49.8 Å². The molecule has 3 N–H and O–H groups in total. The molecule has 0 bridgehead atoms. The maximum absolute atomic E-state index is 11.5. The van der Waals surface area contributed by atoms with Gasteiger partial charge in [0.05, 0.1) is 6.61 Å². The molecule has 0 saturated carbocycles. The first-order valence-corrected chi connectivity index (χ1v) is 7.30. The molecule has 20 heavy (non-hydrogen) atoms. The molecule has 0 aromatic heterocycles. The first-order valence-electron chi connectivity index (χ1n) is 5.72. The van der Waals surface area contributed by atoms with Crippen molar-refractivity contribution in [1.82, 2.24) is 5.06 Å². The molecular weight excluding hydrogens is 293 g/mol. The minimum absolute atomic E-state index is 0.0222. The van der Waals surface area contributed by atoms with Crippen LogP contribution >= 0.6 is 7.60 Å². The molecule has 0 aromatic rings. The number of carbonyl (C=O) groups is 3. The SMILES string of the molecule is CCOP(=O)(O)C(=O)CCC(=O)N(O)C(C)(C)C(=O)O. The summed E-state index contributed by atoms with van der Waals surface area (Å²) in [6, 6.07) is 0. The van der Waals surface area contributed by atoms with E-state index in [-0.39, 0.29) is 11.7 Å². The molecule has 0 heterocycles. The highest BCUT2D eigenvalue weighted by atomic mass is 31.2. The van der Waals surface area contributed by atoms with Crippen molar-refractivity contribution in [3.05, 3.63) is 0 Å². The van der Waals surface area contributed by atoms with Gasteiger partial charge in [-0.3, -0.25) is 19.4 Å². The zero-order chi connectivity index (χ0) is 16.1. The molecule has 1 atom stereocenters. The zero-order valence-electron chi connectivity index (χ0n) is 11.4. The topological polar surface area (TPSA) is 141 Å².